The fourth-order valence-corrected chi connectivity index (χ4v) is 4.19. The van der Waals surface area contributed by atoms with Crippen LogP contribution in [-0.2, 0) is 11.6 Å². The Bertz CT molecular complexity index is 1080. The van der Waals surface area contributed by atoms with Crippen molar-refractivity contribution >= 4 is 17.5 Å². The lowest BCUT2D eigenvalue weighted by Gasteiger charge is -2.37. The molecule has 11 heteroatoms. The van der Waals surface area contributed by atoms with Crippen LogP contribution < -0.4 is 5.32 Å². The van der Waals surface area contributed by atoms with Crippen molar-refractivity contribution in [2.24, 2.45) is 0 Å². The van der Waals surface area contributed by atoms with Crippen molar-refractivity contribution in [1.29, 1.82) is 0 Å². The molecule has 1 amide bonds. The zero-order valence-corrected chi connectivity index (χ0v) is 17.7. The van der Waals surface area contributed by atoms with E-state index in [4.69, 9.17) is 11.6 Å². The molecular formula is C21H20ClF3N6O. The number of nitrogens with one attached hydrogen (secondary N) is 1. The summed E-state index contributed by atoms with van der Waals surface area (Å²) in [6.07, 6.45) is 6.74. The van der Waals surface area contributed by atoms with Gasteiger partial charge in [-0.2, -0.15) is 18.3 Å². The molecule has 0 radical (unpaired) electrons. The second-order valence-electron chi connectivity index (χ2n) is 7.80. The van der Waals surface area contributed by atoms with E-state index in [1.54, 1.807) is 12.4 Å². The van der Waals surface area contributed by atoms with Crippen molar-refractivity contribution in [3.8, 4) is 5.95 Å². The van der Waals surface area contributed by atoms with E-state index < -0.39 is 23.3 Å². The molecule has 1 saturated carbocycles. The quantitative estimate of drug-likeness (QED) is 0.606. The van der Waals surface area contributed by atoms with Gasteiger partial charge in [0.2, 0.25) is 0 Å². The van der Waals surface area contributed by atoms with Crippen LogP contribution in [0.15, 0.2) is 43.1 Å². The van der Waals surface area contributed by atoms with E-state index >= 15 is 0 Å². The number of hydrogen-bond acceptors (Lipinski definition) is 5. The molecule has 1 N–H and O–H groups in total. The average molecular weight is 465 g/mol. The molecule has 4 rings (SSSR count). The number of halogens is 4. The maximum Gasteiger partial charge on any atom is 0.435 e. The molecule has 1 fully saturated rings. The zero-order valence-electron chi connectivity index (χ0n) is 16.9. The van der Waals surface area contributed by atoms with Gasteiger partial charge in [0.05, 0.1) is 23.0 Å². The third-order valence-electron chi connectivity index (χ3n) is 5.71. The Morgan fingerprint density at radius 1 is 1.16 bits per heavy atom. The molecule has 0 atom stereocenters. The standard InChI is InChI=1S/C21H20ClF3N6O/c22-15-10-27-19(28-11-15)31-12-16(17(30-31)21(23,24)25)18(32)29-13-20(6-2-1-3-7-20)14-5-4-8-26-9-14/h4-5,8-12H,1-3,6-7,13H2,(H,29,32). The highest BCUT2D eigenvalue weighted by Crippen LogP contribution is 2.39. The van der Waals surface area contributed by atoms with E-state index in [0.29, 0.717) is 0 Å². The van der Waals surface area contributed by atoms with E-state index in [2.05, 4.69) is 25.4 Å². The van der Waals surface area contributed by atoms with Crippen LogP contribution in [0.1, 0.15) is 53.7 Å². The summed E-state index contributed by atoms with van der Waals surface area (Å²) in [7, 11) is 0. The Balaban J connectivity index is 1.61. The van der Waals surface area contributed by atoms with Gasteiger partial charge in [0.25, 0.3) is 11.9 Å². The van der Waals surface area contributed by atoms with Gasteiger partial charge in [0.1, 0.15) is 0 Å². The lowest BCUT2D eigenvalue weighted by molar-refractivity contribution is -0.141. The Morgan fingerprint density at radius 3 is 2.50 bits per heavy atom. The summed E-state index contributed by atoms with van der Waals surface area (Å²) in [5.74, 6) is -0.982. The lowest BCUT2D eigenvalue weighted by atomic mass is 9.70. The SMILES string of the molecule is O=C(NCC1(c2cccnc2)CCCCC1)c1cn(-c2ncc(Cl)cn2)nc1C(F)(F)F. The topological polar surface area (TPSA) is 85.6 Å². The molecule has 32 heavy (non-hydrogen) atoms. The molecule has 1 aliphatic rings. The normalized spacial score (nSPS) is 16.0. The highest BCUT2D eigenvalue weighted by Gasteiger charge is 2.40. The number of aromatic nitrogens is 5. The van der Waals surface area contributed by atoms with E-state index in [0.717, 1.165) is 48.5 Å². The van der Waals surface area contributed by atoms with Crippen LogP contribution in [0.2, 0.25) is 5.02 Å². The first-order valence-electron chi connectivity index (χ1n) is 10.1. The lowest BCUT2D eigenvalue weighted by Crippen LogP contribution is -2.42. The zero-order chi connectivity index (χ0) is 22.8. The predicted molar refractivity (Wildman–Crippen MR) is 110 cm³/mol. The van der Waals surface area contributed by atoms with Gasteiger partial charge in [-0.15, -0.1) is 0 Å². The second kappa shape index (κ2) is 8.85. The van der Waals surface area contributed by atoms with Gasteiger partial charge >= 0.3 is 6.18 Å². The number of alkyl halides is 3. The van der Waals surface area contributed by atoms with Crippen LogP contribution in [0.25, 0.3) is 5.95 Å². The van der Waals surface area contributed by atoms with Crippen molar-refractivity contribution in [3.05, 3.63) is 65.0 Å². The van der Waals surface area contributed by atoms with Gasteiger partial charge in [-0.1, -0.05) is 36.9 Å². The summed E-state index contributed by atoms with van der Waals surface area (Å²) in [5, 5.41) is 6.46. The number of carbonyl (C=O) groups excluding carboxylic acids is 1. The smallest absolute Gasteiger partial charge is 0.351 e. The summed E-state index contributed by atoms with van der Waals surface area (Å²) in [4.78, 5) is 24.8. The van der Waals surface area contributed by atoms with Crippen LogP contribution >= 0.6 is 11.6 Å². The fraction of sp³-hybridized carbons (Fsp3) is 0.381. The maximum absolute atomic E-state index is 13.6. The van der Waals surface area contributed by atoms with E-state index in [1.807, 2.05) is 12.1 Å². The summed E-state index contributed by atoms with van der Waals surface area (Å²) in [5.41, 5.74) is -1.28. The molecule has 0 bridgehead atoms. The molecule has 1 aliphatic carbocycles. The van der Waals surface area contributed by atoms with Crippen molar-refractivity contribution in [3.63, 3.8) is 0 Å². The summed E-state index contributed by atoms with van der Waals surface area (Å²) < 4.78 is 41.7. The predicted octanol–water partition coefficient (Wildman–Crippen LogP) is 4.36. The second-order valence-corrected chi connectivity index (χ2v) is 8.24. The number of hydrogen-bond donors (Lipinski definition) is 1. The Labute approximate surface area is 187 Å². The van der Waals surface area contributed by atoms with Crippen molar-refractivity contribution in [2.45, 2.75) is 43.7 Å². The molecular weight excluding hydrogens is 445 g/mol. The highest BCUT2D eigenvalue weighted by atomic mass is 35.5. The average Bonchev–Trinajstić information content (AvgIpc) is 3.26. The first-order valence-corrected chi connectivity index (χ1v) is 10.5. The van der Waals surface area contributed by atoms with E-state index in [-0.39, 0.29) is 22.9 Å². The first-order chi connectivity index (χ1) is 15.3. The van der Waals surface area contributed by atoms with Crippen LogP contribution in [-0.4, -0.2) is 37.2 Å². The molecule has 7 nitrogen and oxygen atoms in total. The van der Waals surface area contributed by atoms with Crippen LogP contribution in [0.4, 0.5) is 13.2 Å². The number of pyridine rings is 1. The fourth-order valence-electron chi connectivity index (χ4n) is 4.09. The number of rotatable bonds is 5. The van der Waals surface area contributed by atoms with Crippen molar-refractivity contribution < 1.29 is 18.0 Å². The third-order valence-corrected chi connectivity index (χ3v) is 5.91. The molecule has 0 aromatic carbocycles. The van der Waals surface area contributed by atoms with Gasteiger partial charge in [0, 0.05) is 30.6 Å². The molecule has 3 aromatic rings. The van der Waals surface area contributed by atoms with E-state index in [9.17, 15) is 18.0 Å². The summed E-state index contributed by atoms with van der Waals surface area (Å²) >= 11 is 5.73. The Hall–Kier alpha value is -3.01. The minimum absolute atomic E-state index is 0.127. The molecule has 0 saturated heterocycles. The molecule has 0 unspecified atom stereocenters. The van der Waals surface area contributed by atoms with Crippen LogP contribution in [0.3, 0.4) is 0 Å². The summed E-state index contributed by atoms with van der Waals surface area (Å²) in [6, 6.07) is 3.77. The highest BCUT2D eigenvalue weighted by molar-refractivity contribution is 6.30. The maximum atomic E-state index is 13.6. The molecule has 168 valence electrons. The van der Waals surface area contributed by atoms with Gasteiger partial charge in [0.15, 0.2) is 5.69 Å². The molecule has 0 aliphatic heterocycles. The van der Waals surface area contributed by atoms with Gasteiger partial charge in [-0.3, -0.25) is 9.78 Å². The van der Waals surface area contributed by atoms with Crippen LogP contribution in [0, 0.1) is 0 Å². The van der Waals surface area contributed by atoms with Gasteiger partial charge in [-0.05, 0) is 24.5 Å². The molecule has 3 heterocycles. The minimum atomic E-state index is -4.82. The largest absolute Gasteiger partial charge is 0.435 e. The van der Waals surface area contributed by atoms with Gasteiger partial charge in [-0.25, -0.2) is 14.6 Å². The minimum Gasteiger partial charge on any atom is -0.351 e. The third kappa shape index (κ3) is 4.59. The Kier molecular flexibility index (Phi) is 6.14. The molecule has 3 aromatic heterocycles. The summed E-state index contributed by atoms with van der Waals surface area (Å²) in [6.45, 7) is 0.206. The van der Waals surface area contributed by atoms with E-state index in [1.165, 1.54) is 12.4 Å². The van der Waals surface area contributed by atoms with Crippen LogP contribution in [0.5, 0.6) is 0 Å². The number of carbonyl (C=O) groups is 1. The van der Waals surface area contributed by atoms with Crippen molar-refractivity contribution in [1.82, 2.24) is 30.0 Å². The monoisotopic (exact) mass is 464 g/mol. The van der Waals surface area contributed by atoms with Crippen molar-refractivity contribution in [2.75, 3.05) is 6.54 Å². The van der Waals surface area contributed by atoms with Gasteiger partial charge < -0.3 is 5.32 Å². The molecule has 0 spiro atoms. The first kappa shape index (κ1) is 22.2. The number of nitrogens with zero attached hydrogens (tertiary/aromatic N) is 5. The number of amides is 1. The Morgan fingerprint density at radius 2 is 1.88 bits per heavy atom.